The maximum Gasteiger partial charge on any atom is 0.254 e. The summed E-state index contributed by atoms with van der Waals surface area (Å²) in [6, 6.07) is 4.33. The number of piperidine rings is 1. The van der Waals surface area contributed by atoms with E-state index < -0.39 is 0 Å². The smallest absolute Gasteiger partial charge is 0.254 e. The van der Waals surface area contributed by atoms with Crippen molar-refractivity contribution in [2.24, 2.45) is 0 Å². The number of ether oxygens (including phenoxy) is 1. The van der Waals surface area contributed by atoms with E-state index in [1.54, 1.807) is 24.1 Å². The number of methoxy groups -OCH3 is 1. The zero-order valence-electron chi connectivity index (χ0n) is 14.0. The summed E-state index contributed by atoms with van der Waals surface area (Å²) in [6.45, 7) is 2.31. The molecule has 0 unspecified atom stereocenters. The molecule has 1 saturated heterocycles. The van der Waals surface area contributed by atoms with Gasteiger partial charge in [-0.2, -0.15) is 14.6 Å². The van der Waals surface area contributed by atoms with E-state index in [0.717, 1.165) is 43.3 Å². The lowest BCUT2D eigenvalue weighted by Crippen LogP contribution is -2.40. The van der Waals surface area contributed by atoms with Gasteiger partial charge in [0.2, 0.25) is 0 Å². The quantitative estimate of drug-likeness (QED) is 0.739. The van der Waals surface area contributed by atoms with Crippen LogP contribution in [0.5, 0.6) is 0 Å². The van der Waals surface area contributed by atoms with Crippen LogP contribution in [0.15, 0.2) is 31.0 Å². The first-order valence-corrected chi connectivity index (χ1v) is 8.29. The van der Waals surface area contributed by atoms with Crippen molar-refractivity contribution < 1.29 is 4.74 Å². The zero-order chi connectivity index (χ0) is 17.1. The lowest BCUT2D eigenvalue weighted by atomic mass is 10.1. The van der Waals surface area contributed by atoms with Crippen LogP contribution in [0.4, 0.5) is 11.6 Å². The fraction of sp³-hybridized carbons (Fsp3) is 0.438. The summed E-state index contributed by atoms with van der Waals surface area (Å²) in [6.07, 6.45) is 6.88. The second-order valence-corrected chi connectivity index (χ2v) is 6.01. The lowest BCUT2D eigenvalue weighted by Gasteiger charge is -2.34. The molecular weight excluding hydrogens is 320 g/mol. The standard InChI is InChI=1S/C16H20N8O/c1-25-9-13-8-15(24-16(22-13)19-11-20-24)23-6-3-12(4-7-23)21-14-2-5-17-10-18-14/h2,5,8,10-12H,3-4,6-7,9H2,1H3,(H,17,18,21). The molecule has 9 nitrogen and oxygen atoms in total. The molecule has 1 fully saturated rings. The van der Waals surface area contributed by atoms with Gasteiger partial charge in [0.05, 0.1) is 12.3 Å². The van der Waals surface area contributed by atoms with E-state index in [9.17, 15) is 0 Å². The maximum atomic E-state index is 5.22. The van der Waals surface area contributed by atoms with Gasteiger partial charge in [0, 0.05) is 38.5 Å². The predicted molar refractivity (Wildman–Crippen MR) is 92.4 cm³/mol. The second kappa shape index (κ2) is 6.98. The largest absolute Gasteiger partial charge is 0.378 e. The SMILES string of the molecule is COCc1cc(N2CCC(Nc3ccncn3)CC2)n2ncnc2n1. The van der Waals surface area contributed by atoms with E-state index >= 15 is 0 Å². The minimum absolute atomic E-state index is 0.401. The topological polar surface area (TPSA) is 93.4 Å². The fourth-order valence-electron chi connectivity index (χ4n) is 3.13. The van der Waals surface area contributed by atoms with E-state index in [4.69, 9.17) is 4.74 Å². The van der Waals surface area contributed by atoms with E-state index in [2.05, 4.69) is 35.3 Å². The number of rotatable bonds is 5. The molecule has 3 aromatic heterocycles. The van der Waals surface area contributed by atoms with Crippen LogP contribution in [-0.2, 0) is 11.3 Å². The summed E-state index contributed by atoms with van der Waals surface area (Å²) < 4.78 is 7.01. The molecule has 0 aromatic carbocycles. The van der Waals surface area contributed by atoms with Crippen LogP contribution in [0.1, 0.15) is 18.5 Å². The molecule has 25 heavy (non-hydrogen) atoms. The van der Waals surface area contributed by atoms with Crippen LogP contribution in [0.3, 0.4) is 0 Å². The molecule has 0 bridgehead atoms. The van der Waals surface area contributed by atoms with Crippen LogP contribution in [0, 0.1) is 0 Å². The number of nitrogens with zero attached hydrogens (tertiary/aromatic N) is 7. The number of anilines is 2. The van der Waals surface area contributed by atoms with Gasteiger partial charge in [0.1, 0.15) is 24.3 Å². The molecule has 1 aliphatic rings. The Balaban J connectivity index is 1.48. The van der Waals surface area contributed by atoms with E-state index in [1.165, 1.54) is 6.33 Å². The minimum atomic E-state index is 0.401. The first-order chi connectivity index (χ1) is 12.3. The first-order valence-electron chi connectivity index (χ1n) is 8.29. The van der Waals surface area contributed by atoms with Crippen LogP contribution in [0.25, 0.3) is 5.78 Å². The molecule has 0 atom stereocenters. The van der Waals surface area contributed by atoms with Gasteiger partial charge in [-0.15, -0.1) is 0 Å². The van der Waals surface area contributed by atoms with Crippen LogP contribution in [-0.4, -0.2) is 55.8 Å². The highest BCUT2D eigenvalue weighted by Gasteiger charge is 2.22. The van der Waals surface area contributed by atoms with Crippen LogP contribution in [0.2, 0.25) is 0 Å². The molecule has 4 heterocycles. The van der Waals surface area contributed by atoms with Gasteiger partial charge in [-0.1, -0.05) is 0 Å². The Labute approximate surface area is 145 Å². The molecule has 1 N–H and O–H groups in total. The van der Waals surface area contributed by atoms with Crippen molar-refractivity contribution >= 4 is 17.4 Å². The Morgan fingerprint density at radius 3 is 2.88 bits per heavy atom. The van der Waals surface area contributed by atoms with Crippen molar-refractivity contribution in [2.45, 2.75) is 25.5 Å². The third-order valence-corrected chi connectivity index (χ3v) is 4.33. The molecule has 0 aliphatic carbocycles. The normalized spacial score (nSPS) is 15.6. The van der Waals surface area contributed by atoms with Gasteiger partial charge in [0.25, 0.3) is 5.78 Å². The Morgan fingerprint density at radius 2 is 2.12 bits per heavy atom. The van der Waals surface area contributed by atoms with Gasteiger partial charge in [-0.3, -0.25) is 0 Å². The molecule has 0 saturated carbocycles. The number of hydrogen-bond acceptors (Lipinski definition) is 8. The number of aromatic nitrogens is 6. The third-order valence-electron chi connectivity index (χ3n) is 4.33. The predicted octanol–water partition coefficient (Wildman–Crippen LogP) is 1.14. The van der Waals surface area contributed by atoms with Crippen LogP contribution >= 0.6 is 0 Å². The van der Waals surface area contributed by atoms with Gasteiger partial charge in [-0.05, 0) is 18.9 Å². The summed E-state index contributed by atoms with van der Waals surface area (Å²) >= 11 is 0. The number of fused-ring (bicyclic) bond motifs is 1. The lowest BCUT2D eigenvalue weighted by molar-refractivity contribution is 0.181. The van der Waals surface area contributed by atoms with Crippen molar-refractivity contribution in [3.63, 3.8) is 0 Å². The molecule has 9 heteroatoms. The molecule has 0 spiro atoms. The van der Waals surface area contributed by atoms with Crippen LogP contribution < -0.4 is 10.2 Å². The first kappa shape index (κ1) is 15.7. The number of hydrogen-bond donors (Lipinski definition) is 1. The highest BCUT2D eigenvalue weighted by molar-refractivity contribution is 5.48. The fourth-order valence-corrected chi connectivity index (χ4v) is 3.13. The summed E-state index contributed by atoms with van der Waals surface area (Å²) in [5, 5.41) is 7.78. The maximum absolute atomic E-state index is 5.22. The van der Waals surface area contributed by atoms with Crippen molar-refractivity contribution in [2.75, 3.05) is 30.4 Å². The molecule has 3 aromatic rings. The van der Waals surface area contributed by atoms with Gasteiger partial charge in [0.15, 0.2) is 0 Å². The molecule has 0 amide bonds. The average Bonchev–Trinajstić information content (AvgIpc) is 3.11. The third kappa shape index (κ3) is 3.36. The Morgan fingerprint density at radius 1 is 1.24 bits per heavy atom. The Hall–Kier alpha value is -2.81. The van der Waals surface area contributed by atoms with Gasteiger partial charge in [-0.25, -0.2) is 15.0 Å². The van der Waals surface area contributed by atoms with Gasteiger partial charge >= 0.3 is 0 Å². The van der Waals surface area contributed by atoms with E-state index in [-0.39, 0.29) is 0 Å². The summed E-state index contributed by atoms with van der Waals surface area (Å²) in [5.41, 5.74) is 0.860. The summed E-state index contributed by atoms with van der Waals surface area (Å²) in [5.74, 6) is 2.49. The highest BCUT2D eigenvalue weighted by Crippen LogP contribution is 2.22. The van der Waals surface area contributed by atoms with E-state index in [1.807, 2.05) is 12.1 Å². The second-order valence-electron chi connectivity index (χ2n) is 6.01. The highest BCUT2D eigenvalue weighted by atomic mass is 16.5. The molecule has 0 radical (unpaired) electrons. The Kier molecular flexibility index (Phi) is 4.38. The van der Waals surface area contributed by atoms with E-state index in [0.29, 0.717) is 18.4 Å². The zero-order valence-corrected chi connectivity index (χ0v) is 14.0. The Bertz CT molecular complexity index is 829. The van der Waals surface area contributed by atoms with Crippen molar-refractivity contribution in [1.29, 1.82) is 0 Å². The molecule has 1 aliphatic heterocycles. The summed E-state index contributed by atoms with van der Waals surface area (Å²) in [7, 11) is 1.67. The minimum Gasteiger partial charge on any atom is -0.378 e. The molecular formula is C16H20N8O. The summed E-state index contributed by atoms with van der Waals surface area (Å²) in [4.78, 5) is 19.2. The van der Waals surface area contributed by atoms with Gasteiger partial charge < -0.3 is 15.0 Å². The van der Waals surface area contributed by atoms with Crippen molar-refractivity contribution in [3.05, 3.63) is 36.7 Å². The molecule has 130 valence electrons. The van der Waals surface area contributed by atoms with Crippen molar-refractivity contribution in [3.8, 4) is 0 Å². The monoisotopic (exact) mass is 340 g/mol. The molecule has 4 rings (SSSR count). The number of nitrogens with one attached hydrogen (secondary N) is 1. The average molecular weight is 340 g/mol. The van der Waals surface area contributed by atoms with Crippen molar-refractivity contribution in [1.82, 2.24) is 29.5 Å².